The maximum atomic E-state index is 13.5. The predicted octanol–water partition coefficient (Wildman–Crippen LogP) is 2.32. The highest BCUT2D eigenvalue weighted by molar-refractivity contribution is 6.07. The summed E-state index contributed by atoms with van der Waals surface area (Å²) in [4.78, 5) is 35.6. The molecule has 0 saturated carbocycles. The summed E-state index contributed by atoms with van der Waals surface area (Å²) in [6.45, 7) is 5.16. The molecule has 0 aliphatic carbocycles. The minimum absolute atomic E-state index is 0.0289. The molecule has 0 unspecified atom stereocenters. The molecule has 4 heterocycles. The van der Waals surface area contributed by atoms with E-state index in [0.717, 1.165) is 48.9 Å². The number of piperidine rings is 1. The van der Waals surface area contributed by atoms with Crippen LogP contribution in [-0.4, -0.2) is 57.3 Å². The Morgan fingerprint density at radius 1 is 1.23 bits per heavy atom. The molecule has 5 rings (SSSR count). The number of benzene rings is 1. The molecule has 158 valence electrons. The van der Waals surface area contributed by atoms with E-state index in [1.54, 1.807) is 6.20 Å². The van der Waals surface area contributed by atoms with Crippen molar-refractivity contribution in [3.05, 3.63) is 48.0 Å². The van der Waals surface area contributed by atoms with Gasteiger partial charge in [0.15, 0.2) is 0 Å². The number of para-hydroxylation sites is 1. The second kappa shape index (κ2) is 7.23. The van der Waals surface area contributed by atoms with Crippen molar-refractivity contribution >= 4 is 17.5 Å². The number of amides is 2. The van der Waals surface area contributed by atoms with Gasteiger partial charge >= 0.3 is 0 Å². The van der Waals surface area contributed by atoms with Crippen LogP contribution in [0.15, 0.2) is 36.7 Å². The van der Waals surface area contributed by atoms with Gasteiger partial charge in [0.05, 0.1) is 6.54 Å². The first-order valence-electron chi connectivity index (χ1n) is 10.9. The number of nitrogens with zero attached hydrogens (tertiary/aromatic N) is 4. The van der Waals surface area contributed by atoms with E-state index in [2.05, 4.69) is 22.1 Å². The van der Waals surface area contributed by atoms with Crippen molar-refractivity contribution in [2.24, 2.45) is 13.0 Å². The van der Waals surface area contributed by atoms with Crippen LogP contribution in [0.3, 0.4) is 0 Å². The van der Waals surface area contributed by atoms with E-state index < -0.39 is 11.5 Å². The lowest BCUT2D eigenvalue weighted by molar-refractivity contribution is -0.135. The summed E-state index contributed by atoms with van der Waals surface area (Å²) in [5.74, 6) is 1.55. The molecule has 3 aliphatic rings. The molecule has 2 amide bonds. The van der Waals surface area contributed by atoms with Crippen LogP contribution >= 0.6 is 0 Å². The van der Waals surface area contributed by atoms with Gasteiger partial charge in [0.2, 0.25) is 11.8 Å². The Kier molecular flexibility index (Phi) is 4.65. The molecule has 0 bridgehead atoms. The summed E-state index contributed by atoms with van der Waals surface area (Å²) in [7, 11) is 1.93. The van der Waals surface area contributed by atoms with Gasteiger partial charge in [-0.15, -0.1) is 0 Å². The number of rotatable bonds is 3. The summed E-state index contributed by atoms with van der Waals surface area (Å²) in [6, 6.07) is 7.45. The van der Waals surface area contributed by atoms with Gasteiger partial charge in [-0.05, 0) is 49.9 Å². The molecular formula is C23H29N5O2. The van der Waals surface area contributed by atoms with Crippen LogP contribution in [0.5, 0.6) is 0 Å². The molecule has 2 atom stereocenters. The molecule has 2 saturated heterocycles. The zero-order chi connectivity index (χ0) is 20.9. The second-order valence-electron chi connectivity index (χ2n) is 9.07. The van der Waals surface area contributed by atoms with Crippen molar-refractivity contribution in [1.29, 1.82) is 0 Å². The van der Waals surface area contributed by atoms with E-state index in [0.29, 0.717) is 19.5 Å². The van der Waals surface area contributed by atoms with Crippen LogP contribution in [0.4, 0.5) is 5.69 Å². The van der Waals surface area contributed by atoms with Crippen molar-refractivity contribution in [2.75, 3.05) is 31.5 Å². The molecule has 7 heteroatoms. The smallest absolute Gasteiger partial charge is 0.237 e. The van der Waals surface area contributed by atoms with E-state index in [-0.39, 0.29) is 11.8 Å². The third-order valence-corrected chi connectivity index (χ3v) is 7.25. The van der Waals surface area contributed by atoms with Gasteiger partial charge in [-0.25, -0.2) is 4.98 Å². The number of nitrogens with one attached hydrogen (secondary N) is 1. The molecule has 1 spiro atoms. The van der Waals surface area contributed by atoms with Crippen molar-refractivity contribution in [1.82, 2.24) is 19.4 Å². The lowest BCUT2D eigenvalue weighted by Gasteiger charge is -2.35. The van der Waals surface area contributed by atoms with E-state index in [9.17, 15) is 9.59 Å². The number of carbonyl (C=O) groups is 2. The standard InChI is InChI=1S/C23H29N5O2/c1-16-7-11-27(12-8-16)15-19(29)28-13-9-23(20(28)21-24-10-14-26(21)2)17-5-3-4-6-18(17)25-22(23)30/h3-6,10,14,16,20H,7-9,11-13,15H2,1-2H3,(H,25,30)/t20-,23+/m0/s1. The first kappa shape index (κ1) is 19.3. The predicted molar refractivity (Wildman–Crippen MR) is 114 cm³/mol. The largest absolute Gasteiger partial charge is 0.336 e. The van der Waals surface area contributed by atoms with E-state index in [1.165, 1.54) is 0 Å². The number of likely N-dealkylation sites (tertiary alicyclic amines) is 2. The van der Waals surface area contributed by atoms with Crippen LogP contribution < -0.4 is 5.32 Å². The Hall–Kier alpha value is -2.67. The Morgan fingerprint density at radius 2 is 2.00 bits per heavy atom. The number of hydrogen-bond donors (Lipinski definition) is 1. The topological polar surface area (TPSA) is 70.5 Å². The minimum atomic E-state index is -0.790. The van der Waals surface area contributed by atoms with Crippen molar-refractivity contribution in [3.8, 4) is 0 Å². The molecule has 0 radical (unpaired) electrons. The van der Waals surface area contributed by atoms with Gasteiger partial charge in [0.25, 0.3) is 0 Å². The van der Waals surface area contributed by atoms with Gasteiger partial charge in [-0.1, -0.05) is 25.1 Å². The van der Waals surface area contributed by atoms with Crippen molar-refractivity contribution in [3.63, 3.8) is 0 Å². The zero-order valence-corrected chi connectivity index (χ0v) is 17.7. The maximum Gasteiger partial charge on any atom is 0.237 e. The number of carbonyl (C=O) groups excluding carboxylic acids is 2. The summed E-state index contributed by atoms with van der Waals surface area (Å²) in [6.07, 6.45) is 6.51. The average Bonchev–Trinajstić information content (AvgIpc) is 3.41. The number of fused-ring (bicyclic) bond motifs is 2. The molecular weight excluding hydrogens is 378 g/mol. The lowest BCUT2D eigenvalue weighted by Crippen LogP contribution is -2.47. The van der Waals surface area contributed by atoms with Crippen LogP contribution in [0.25, 0.3) is 0 Å². The SMILES string of the molecule is CC1CCN(CC(=O)N2CC[C@]3(C(=O)Nc4ccccc43)[C@@H]2c2nccn2C)CC1. The summed E-state index contributed by atoms with van der Waals surface area (Å²) in [5, 5.41) is 3.06. The normalized spacial score (nSPS) is 26.9. The first-order valence-corrected chi connectivity index (χ1v) is 10.9. The number of imidazole rings is 1. The summed E-state index contributed by atoms with van der Waals surface area (Å²) < 4.78 is 1.94. The highest BCUT2D eigenvalue weighted by atomic mass is 16.2. The average molecular weight is 408 g/mol. The fourth-order valence-electron chi connectivity index (χ4n) is 5.46. The molecule has 7 nitrogen and oxygen atoms in total. The Labute approximate surface area is 177 Å². The Balaban J connectivity index is 1.51. The van der Waals surface area contributed by atoms with E-state index >= 15 is 0 Å². The summed E-state index contributed by atoms with van der Waals surface area (Å²) in [5.41, 5.74) is 1.04. The second-order valence-corrected chi connectivity index (χ2v) is 9.07. The van der Waals surface area contributed by atoms with Crippen molar-refractivity contribution in [2.45, 2.75) is 37.6 Å². The summed E-state index contributed by atoms with van der Waals surface area (Å²) >= 11 is 0. The van der Waals surface area contributed by atoms with Crippen LogP contribution in [0, 0.1) is 5.92 Å². The molecule has 2 aromatic rings. The molecule has 3 aliphatic heterocycles. The number of hydrogen-bond acceptors (Lipinski definition) is 4. The highest BCUT2D eigenvalue weighted by Crippen LogP contribution is 2.54. The fourth-order valence-corrected chi connectivity index (χ4v) is 5.46. The van der Waals surface area contributed by atoms with Crippen molar-refractivity contribution < 1.29 is 9.59 Å². The molecule has 1 N–H and O–H groups in total. The van der Waals surface area contributed by atoms with Gasteiger partial charge in [0.1, 0.15) is 17.3 Å². The number of aromatic nitrogens is 2. The molecule has 30 heavy (non-hydrogen) atoms. The van der Waals surface area contributed by atoms with Crippen LogP contribution in [-0.2, 0) is 22.1 Å². The minimum Gasteiger partial charge on any atom is -0.336 e. The molecule has 1 aromatic carbocycles. The Bertz CT molecular complexity index is 977. The zero-order valence-electron chi connectivity index (χ0n) is 17.7. The van der Waals surface area contributed by atoms with Gasteiger partial charge < -0.3 is 14.8 Å². The van der Waals surface area contributed by atoms with Crippen LogP contribution in [0.2, 0.25) is 0 Å². The lowest BCUT2D eigenvalue weighted by atomic mass is 9.74. The third-order valence-electron chi connectivity index (χ3n) is 7.25. The fraction of sp³-hybridized carbons (Fsp3) is 0.522. The van der Waals surface area contributed by atoms with Crippen LogP contribution in [0.1, 0.15) is 43.6 Å². The van der Waals surface area contributed by atoms with E-state index in [1.807, 2.05) is 47.0 Å². The Morgan fingerprint density at radius 3 is 2.73 bits per heavy atom. The monoisotopic (exact) mass is 407 g/mol. The van der Waals surface area contributed by atoms with E-state index in [4.69, 9.17) is 0 Å². The third kappa shape index (κ3) is 2.87. The molecule has 2 fully saturated rings. The highest BCUT2D eigenvalue weighted by Gasteiger charge is 2.60. The first-order chi connectivity index (χ1) is 14.5. The number of aryl methyl sites for hydroxylation is 1. The maximum absolute atomic E-state index is 13.5. The quantitative estimate of drug-likeness (QED) is 0.848. The number of anilines is 1. The van der Waals surface area contributed by atoms with Gasteiger partial charge in [-0.3, -0.25) is 14.5 Å². The van der Waals surface area contributed by atoms with Gasteiger partial charge in [-0.2, -0.15) is 0 Å². The molecule has 1 aromatic heterocycles. The van der Waals surface area contributed by atoms with Gasteiger partial charge in [0, 0.05) is 31.7 Å².